The third kappa shape index (κ3) is 5.79. The lowest BCUT2D eigenvalue weighted by atomic mass is 9.59. The van der Waals surface area contributed by atoms with Crippen molar-refractivity contribution in [3.8, 4) is 55.6 Å². The fourth-order valence-corrected chi connectivity index (χ4v) is 12.1. The highest BCUT2D eigenvalue weighted by molar-refractivity contribution is 5.94. The molecule has 0 N–H and O–H groups in total. The van der Waals surface area contributed by atoms with Crippen LogP contribution in [-0.2, 0) is 5.41 Å². The minimum Gasteiger partial charge on any atom is -0.310 e. The maximum absolute atomic E-state index is 2.53. The molecule has 0 aliphatic heterocycles. The Hall–Kier alpha value is -8.00. The molecule has 312 valence electrons. The van der Waals surface area contributed by atoms with E-state index in [-0.39, 0.29) is 17.3 Å². The van der Waals surface area contributed by atoms with Crippen molar-refractivity contribution in [3.63, 3.8) is 0 Å². The van der Waals surface area contributed by atoms with Gasteiger partial charge in [-0.15, -0.1) is 0 Å². The Balaban J connectivity index is 0.998. The molecule has 0 radical (unpaired) electrons. The second-order valence-corrected chi connectivity index (χ2v) is 18.7. The van der Waals surface area contributed by atoms with Crippen LogP contribution in [0.1, 0.15) is 70.2 Å². The highest BCUT2D eigenvalue weighted by Gasteiger charge is 2.45. The second-order valence-electron chi connectivity index (χ2n) is 18.7. The van der Waals surface area contributed by atoms with Gasteiger partial charge in [-0.05, 0) is 130 Å². The van der Waals surface area contributed by atoms with Crippen LogP contribution in [0.5, 0.6) is 0 Å². The topological polar surface area (TPSA) is 3.24 Å². The molecule has 4 aliphatic rings. The lowest BCUT2D eigenvalue weighted by molar-refractivity contribution is 0.664. The predicted octanol–water partition coefficient (Wildman–Crippen LogP) is 17.1. The SMILES string of the molecule is CC1(C)c2c(-c3ccccc3)cccc2-c2cccc(-c3ccc(N(c4ccc(-c5ccccc5)cc4)c4ccc(-c5ccccc5)c5c4C4c6ccccc6C5c5ccccc54)cc3)c21. The molecular weight excluding hydrogens is 795 g/mol. The first-order valence-corrected chi connectivity index (χ1v) is 23.3. The number of hydrogen-bond acceptors (Lipinski definition) is 1. The smallest absolute Gasteiger partial charge is 0.0506 e. The van der Waals surface area contributed by atoms with Crippen LogP contribution >= 0.6 is 0 Å². The van der Waals surface area contributed by atoms with Crippen LogP contribution in [0.4, 0.5) is 17.1 Å². The van der Waals surface area contributed by atoms with Crippen LogP contribution in [0.2, 0.25) is 0 Å². The average Bonchev–Trinajstić information content (AvgIpc) is 3.63. The van der Waals surface area contributed by atoms with E-state index in [4.69, 9.17) is 0 Å². The van der Waals surface area contributed by atoms with Crippen molar-refractivity contribution in [1.82, 2.24) is 0 Å². The van der Waals surface area contributed by atoms with Gasteiger partial charge < -0.3 is 4.90 Å². The number of benzene rings is 10. The summed E-state index contributed by atoms with van der Waals surface area (Å²) >= 11 is 0. The molecule has 0 spiro atoms. The Bertz CT molecular complexity index is 3430. The van der Waals surface area contributed by atoms with Gasteiger partial charge in [0.2, 0.25) is 0 Å². The highest BCUT2D eigenvalue weighted by Crippen LogP contribution is 2.61. The Morgan fingerprint density at radius 2 is 0.652 bits per heavy atom. The standard InChI is InChI=1S/C65H47N/c1-65(2)63-50(45-22-10-5-11-23-45)28-16-30-56(63)57-31-17-29-51(64(57)65)46-34-38-48(39-35-46)66(47-36-32-43(33-37-47)42-18-6-3-7-19-42)58-41-40-49(44-20-8-4-9-21-44)61-59-52-24-12-14-26-54(52)60(62(58)61)55-27-15-13-25-53(55)59/h3-41,59-60H,1-2H3. The average molecular weight is 842 g/mol. The van der Waals surface area contributed by atoms with E-state index in [0.29, 0.717) is 0 Å². The van der Waals surface area contributed by atoms with Crippen LogP contribution in [-0.4, -0.2) is 0 Å². The summed E-state index contributed by atoms with van der Waals surface area (Å²) in [5.74, 6) is 0.199. The molecule has 4 aliphatic carbocycles. The number of hydrogen-bond donors (Lipinski definition) is 0. The van der Waals surface area contributed by atoms with Crippen LogP contribution in [0, 0.1) is 0 Å². The van der Waals surface area contributed by atoms with Gasteiger partial charge in [0.05, 0.1) is 5.69 Å². The largest absolute Gasteiger partial charge is 0.310 e. The van der Waals surface area contributed by atoms with Crippen LogP contribution in [0.25, 0.3) is 55.6 Å². The van der Waals surface area contributed by atoms with Gasteiger partial charge in [-0.3, -0.25) is 0 Å². The first kappa shape index (κ1) is 38.5. The maximum Gasteiger partial charge on any atom is 0.0506 e. The molecule has 0 aromatic heterocycles. The van der Waals surface area contributed by atoms with Crippen molar-refractivity contribution in [2.75, 3.05) is 4.90 Å². The normalized spacial score (nSPS) is 15.5. The van der Waals surface area contributed by atoms with Gasteiger partial charge in [-0.25, -0.2) is 0 Å². The molecule has 0 heterocycles. The number of nitrogens with zero attached hydrogens (tertiary/aromatic N) is 1. The predicted molar refractivity (Wildman–Crippen MR) is 275 cm³/mol. The number of fused-ring (bicyclic) bond motifs is 3. The summed E-state index contributed by atoms with van der Waals surface area (Å²) in [6.45, 7) is 4.82. The van der Waals surface area contributed by atoms with E-state index >= 15 is 0 Å². The summed E-state index contributed by atoms with van der Waals surface area (Å²) in [7, 11) is 0. The van der Waals surface area contributed by atoms with Gasteiger partial charge >= 0.3 is 0 Å². The van der Waals surface area contributed by atoms with E-state index in [0.717, 1.165) is 11.4 Å². The molecule has 10 aromatic carbocycles. The van der Waals surface area contributed by atoms with E-state index in [9.17, 15) is 0 Å². The summed E-state index contributed by atoms with van der Waals surface area (Å²) in [5.41, 5.74) is 27.3. The molecule has 14 rings (SSSR count). The van der Waals surface area contributed by atoms with Gasteiger partial charge in [0.25, 0.3) is 0 Å². The fraction of sp³-hybridized carbons (Fsp3) is 0.0769. The Kier molecular flexibility index (Phi) is 8.77. The monoisotopic (exact) mass is 841 g/mol. The minimum absolute atomic E-state index is 0.0815. The summed E-state index contributed by atoms with van der Waals surface area (Å²) in [5, 5.41) is 0. The first-order valence-electron chi connectivity index (χ1n) is 23.3. The zero-order valence-electron chi connectivity index (χ0n) is 37.1. The molecular formula is C65H47N. The third-order valence-electron chi connectivity index (χ3n) is 14.8. The summed E-state index contributed by atoms with van der Waals surface area (Å²) < 4.78 is 0. The molecule has 10 aromatic rings. The van der Waals surface area contributed by atoms with Gasteiger partial charge in [0.15, 0.2) is 0 Å². The molecule has 1 heteroatoms. The van der Waals surface area contributed by atoms with Crippen molar-refractivity contribution < 1.29 is 0 Å². The molecule has 2 bridgehead atoms. The minimum atomic E-state index is -0.204. The van der Waals surface area contributed by atoms with Crippen LogP contribution in [0.15, 0.2) is 237 Å². The van der Waals surface area contributed by atoms with Crippen molar-refractivity contribution in [2.45, 2.75) is 31.1 Å². The zero-order valence-corrected chi connectivity index (χ0v) is 37.1. The molecule has 0 saturated carbocycles. The molecule has 0 unspecified atom stereocenters. The quantitative estimate of drug-likeness (QED) is 0.155. The second kappa shape index (κ2) is 15.0. The lowest BCUT2D eigenvalue weighted by Gasteiger charge is -2.45. The Labute approximate surface area is 388 Å². The van der Waals surface area contributed by atoms with E-state index < -0.39 is 0 Å². The fourth-order valence-electron chi connectivity index (χ4n) is 12.1. The van der Waals surface area contributed by atoms with Crippen molar-refractivity contribution in [2.24, 2.45) is 0 Å². The van der Waals surface area contributed by atoms with Crippen molar-refractivity contribution >= 4 is 17.1 Å². The van der Waals surface area contributed by atoms with Gasteiger partial charge in [0.1, 0.15) is 0 Å². The Morgan fingerprint density at radius 1 is 0.288 bits per heavy atom. The molecule has 0 atom stereocenters. The summed E-state index contributed by atoms with van der Waals surface area (Å²) in [4.78, 5) is 2.53. The van der Waals surface area contributed by atoms with E-state index in [1.807, 2.05) is 0 Å². The van der Waals surface area contributed by atoms with Crippen LogP contribution < -0.4 is 4.90 Å². The summed E-state index contributed by atoms with van der Waals surface area (Å²) in [6.07, 6.45) is 0. The van der Waals surface area contributed by atoms with Crippen molar-refractivity contribution in [1.29, 1.82) is 0 Å². The molecule has 66 heavy (non-hydrogen) atoms. The molecule has 0 fully saturated rings. The first-order chi connectivity index (χ1) is 32.5. The van der Waals surface area contributed by atoms with E-state index in [2.05, 4.69) is 255 Å². The molecule has 0 amide bonds. The van der Waals surface area contributed by atoms with E-state index in [1.165, 1.54) is 106 Å². The van der Waals surface area contributed by atoms with Gasteiger partial charge in [0, 0.05) is 28.6 Å². The summed E-state index contributed by atoms with van der Waals surface area (Å²) in [6, 6.07) is 88.1. The number of anilines is 3. The zero-order chi connectivity index (χ0) is 43.9. The van der Waals surface area contributed by atoms with Gasteiger partial charge in [-0.2, -0.15) is 0 Å². The van der Waals surface area contributed by atoms with Gasteiger partial charge in [-0.1, -0.05) is 220 Å². The Morgan fingerprint density at radius 3 is 1.14 bits per heavy atom. The third-order valence-corrected chi connectivity index (χ3v) is 14.8. The lowest BCUT2D eigenvalue weighted by Crippen LogP contribution is -2.30. The maximum atomic E-state index is 2.53. The van der Waals surface area contributed by atoms with E-state index in [1.54, 1.807) is 0 Å². The molecule has 1 nitrogen and oxygen atoms in total. The van der Waals surface area contributed by atoms with Crippen molar-refractivity contribution in [3.05, 3.63) is 281 Å². The highest BCUT2D eigenvalue weighted by atomic mass is 15.1. The van der Waals surface area contributed by atoms with Crippen LogP contribution in [0.3, 0.4) is 0 Å². The number of rotatable bonds is 7. The molecule has 0 saturated heterocycles.